The van der Waals surface area contributed by atoms with Crippen molar-refractivity contribution in [1.29, 1.82) is 0 Å². The van der Waals surface area contributed by atoms with Crippen LogP contribution >= 0.6 is 22.9 Å². The van der Waals surface area contributed by atoms with Crippen LogP contribution in [0, 0.1) is 0 Å². The molecule has 0 atom stereocenters. The Bertz CT molecular complexity index is 1350. The second-order valence-electron chi connectivity index (χ2n) is 8.40. The number of benzene rings is 2. The molecule has 0 bridgehead atoms. The second kappa shape index (κ2) is 12.0. The summed E-state index contributed by atoms with van der Waals surface area (Å²) in [6, 6.07) is 14.6. The molecule has 2 N–H and O–H groups in total. The first-order valence-electron chi connectivity index (χ1n) is 11.7. The van der Waals surface area contributed by atoms with Gasteiger partial charge in [-0.15, -0.1) is 11.3 Å². The van der Waals surface area contributed by atoms with Gasteiger partial charge in [0.25, 0.3) is 0 Å². The van der Waals surface area contributed by atoms with Gasteiger partial charge in [0, 0.05) is 15.5 Å². The third-order valence-electron chi connectivity index (χ3n) is 5.94. The third kappa shape index (κ3) is 6.36. The minimum atomic E-state index is -0.943. The number of hydrogen-bond donors (Lipinski definition) is 2. The van der Waals surface area contributed by atoms with Crippen LogP contribution in [-0.2, 0) is 33.8 Å². The van der Waals surface area contributed by atoms with E-state index in [2.05, 4.69) is 15.8 Å². The molecule has 0 fully saturated rings. The molecule has 8 nitrogen and oxygen atoms in total. The van der Waals surface area contributed by atoms with Gasteiger partial charge in [0.2, 0.25) is 0 Å². The number of thiophene rings is 1. The summed E-state index contributed by atoms with van der Waals surface area (Å²) < 4.78 is 10.7. The summed E-state index contributed by atoms with van der Waals surface area (Å²) in [6.07, 6.45) is 3.56. The zero-order valence-electron chi connectivity index (χ0n) is 20.4. The fourth-order valence-electron chi connectivity index (χ4n) is 3.95. The largest absolute Gasteiger partial charge is 0.489 e. The molecule has 2 aromatic carbocycles. The molecule has 10 heteroatoms. The molecule has 1 aliphatic rings. The Morgan fingerprint density at radius 2 is 1.76 bits per heavy atom. The fourth-order valence-corrected chi connectivity index (χ4v) is 5.41. The number of hydrogen-bond acceptors (Lipinski definition) is 7. The Labute approximate surface area is 223 Å². The number of ether oxygens (including phenoxy) is 2. The number of aryl methyl sites for hydroxylation is 1. The summed E-state index contributed by atoms with van der Waals surface area (Å²) in [7, 11) is 1.29. The van der Waals surface area contributed by atoms with Crippen molar-refractivity contribution >= 4 is 51.4 Å². The molecular weight excluding hydrogens is 514 g/mol. The number of nitrogens with zero attached hydrogens (tertiary/aromatic N) is 1. The van der Waals surface area contributed by atoms with Crippen LogP contribution in [0.1, 0.15) is 51.7 Å². The van der Waals surface area contributed by atoms with Crippen molar-refractivity contribution in [1.82, 2.24) is 5.43 Å². The van der Waals surface area contributed by atoms with Gasteiger partial charge in [-0.3, -0.25) is 9.59 Å². The van der Waals surface area contributed by atoms with Crippen molar-refractivity contribution in [3.63, 3.8) is 0 Å². The fraction of sp³-hybridized carbons (Fsp3) is 0.259. The van der Waals surface area contributed by atoms with Crippen molar-refractivity contribution in [2.24, 2.45) is 5.10 Å². The summed E-state index contributed by atoms with van der Waals surface area (Å²) in [4.78, 5) is 38.3. The van der Waals surface area contributed by atoms with E-state index < -0.39 is 17.8 Å². The minimum absolute atomic E-state index is 0.326. The van der Waals surface area contributed by atoms with Gasteiger partial charge in [-0.1, -0.05) is 29.8 Å². The second-order valence-corrected chi connectivity index (χ2v) is 9.92. The lowest BCUT2D eigenvalue weighted by Gasteiger charge is -2.11. The number of methoxy groups -OCH3 is 1. The van der Waals surface area contributed by atoms with Crippen molar-refractivity contribution in [3.05, 3.63) is 80.7 Å². The summed E-state index contributed by atoms with van der Waals surface area (Å²) in [5.41, 5.74) is 5.62. The number of nitrogens with one attached hydrogen (secondary N) is 2. The third-order valence-corrected chi connectivity index (χ3v) is 7.52. The number of hydrazone groups is 1. The molecule has 0 radical (unpaired) electrons. The smallest absolute Gasteiger partial charge is 0.341 e. The van der Waals surface area contributed by atoms with Crippen LogP contribution in [0.3, 0.4) is 0 Å². The molecule has 0 saturated heterocycles. The van der Waals surface area contributed by atoms with Crippen LogP contribution in [-0.4, -0.2) is 30.6 Å². The first kappa shape index (κ1) is 26.4. The normalized spacial score (nSPS) is 12.9. The average Bonchev–Trinajstić information content (AvgIpc) is 3.28. The molecule has 37 heavy (non-hydrogen) atoms. The van der Waals surface area contributed by atoms with E-state index in [9.17, 15) is 14.4 Å². The van der Waals surface area contributed by atoms with E-state index in [1.165, 1.54) is 18.4 Å². The molecule has 3 aromatic rings. The maximum atomic E-state index is 12.5. The van der Waals surface area contributed by atoms with Crippen LogP contribution in [0.15, 0.2) is 53.6 Å². The van der Waals surface area contributed by atoms with Gasteiger partial charge in [0.15, 0.2) is 0 Å². The van der Waals surface area contributed by atoms with Gasteiger partial charge < -0.3 is 14.8 Å². The topological polar surface area (TPSA) is 106 Å². The zero-order valence-corrected chi connectivity index (χ0v) is 22.0. The number of rotatable bonds is 7. The molecule has 0 unspecified atom stereocenters. The highest BCUT2D eigenvalue weighted by atomic mass is 35.5. The molecule has 0 spiro atoms. The predicted molar refractivity (Wildman–Crippen MR) is 144 cm³/mol. The highest BCUT2D eigenvalue weighted by molar-refractivity contribution is 7.17. The van der Waals surface area contributed by atoms with Gasteiger partial charge in [-0.05, 0) is 74.1 Å². The first-order chi connectivity index (χ1) is 17.9. The number of halogens is 1. The van der Waals surface area contributed by atoms with E-state index in [1.807, 2.05) is 24.3 Å². The summed E-state index contributed by atoms with van der Waals surface area (Å²) in [6.45, 7) is 2.04. The van der Waals surface area contributed by atoms with Gasteiger partial charge in [-0.2, -0.15) is 5.10 Å². The molecule has 1 heterocycles. The number of carbonyl (C=O) groups is 3. The SMILES string of the molecule is COC(=O)c1c(NC(=O)C(=O)N/N=C(\C)c2ccc(OCc3ccccc3Cl)cc2)sc2c1CCCC2. The number of carbonyl (C=O) groups excluding carboxylic acids is 3. The molecular formula is C27H26ClN3O5S. The Balaban J connectivity index is 1.36. The van der Waals surface area contributed by atoms with E-state index in [-0.39, 0.29) is 0 Å². The van der Waals surface area contributed by atoms with Crippen LogP contribution in [0.5, 0.6) is 5.75 Å². The van der Waals surface area contributed by atoms with Crippen LogP contribution in [0.4, 0.5) is 5.00 Å². The lowest BCUT2D eigenvalue weighted by molar-refractivity contribution is -0.136. The van der Waals surface area contributed by atoms with E-state index in [1.54, 1.807) is 31.2 Å². The summed E-state index contributed by atoms with van der Waals surface area (Å²) in [5.74, 6) is -1.73. The highest BCUT2D eigenvalue weighted by Gasteiger charge is 2.28. The van der Waals surface area contributed by atoms with E-state index in [4.69, 9.17) is 21.1 Å². The molecule has 4 rings (SSSR count). The lowest BCUT2D eigenvalue weighted by Crippen LogP contribution is -2.33. The van der Waals surface area contributed by atoms with Gasteiger partial charge >= 0.3 is 17.8 Å². The maximum Gasteiger partial charge on any atom is 0.341 e. The number of anilines is 1. The van der Waals surface area contributed by atoms with Crippen molar-refractivity contribution in [3.8, 4) is 5.75 Å². The Morgan fingerprint density at radius 1 is 1.03 bits per heavy atom. The zero-order chi connectivity index (χ0) is 26.4. The maximum absolute atomic E-state index is 12.5. The average molecular weight is 540 g/mol. The molecule has 1 aliphatic carbocycles. The molecule has 192 valence electrons. The Hall–Kier alpha value is -3.69. The lowest BCUT2D eigenvalue weighted by atomic mass is 9.95. The van der Waals surface area contributed by atoms with E-state index in [0.717, 1.165) is 47.3 Å². The summed E-state index contributed by atoms with van der Waals surface area (Å²) >= 11 is 7.47. The Morgan fingerprint density at radius 3 is 2.49 bits per heavy atom. The highest BCUT2D eigenvalue weighted by Crippen LogP contribution is 2.38. The Kier molecular flexibility index (Phi) is 8.58. The van der Waals surface area contributed by atoms with Gasteiger partial charge in [-0.25, -0.2) is 10.2 Å². The molecule has 0 aliphatic heterocycles. The molecule has 0 saturated carbocycles. The van der Waals surface area contributed by atoms with Crippen molar-refractivity contribution in [2.45, 2.75) is 39.2 Å². The summed E-state index contributed by atoms with van der Waals surface area (Å²) in [5, 5.41) is 7.56. The van der Waals surface area contributed by atoms with Crippen LogP contribution in [0.25, 0.3) is 0 Å². The predicted octanol–water partition coefficient (Wildman–Crippen LogP) is 5.12. The van der Waals surface area contributed by atoms with Gasteiger partial charge in [0.1, 0.15) is 17.4 Å². The number of fused-ring (bicyclic) bond motifs is 1. The number of esters is 1. The van der Waals surface area contributed by atoms with Crippen LogP contribution in [0.2, 0.25) is 5.02 Å². The quantitative estimate of drug-likeness (QED) is 0.187. The monoisotopic (exact) mass is 539 g/mol. The molecule has 1 aromatic heterocycles. The van der Waals surface area contributed by atoms with Crippen LogP contribution < -0.4 is 15.5 Å². The minimum Gasteiger partial charge on any atom is -0.489 e. The van der Waals surface area contributed by atoms with Crippen molar-refractivity contribution < 1.29 is 23.9 Å². The van der Waals surface area contributed by atoms with Crippen molar-refractivity contribution in [2.75, 3.05) is 12.4 Å². The number of amides is 2. The van der Waals surface area contributed by atoms with Gasteiger partial charge in [0.05, 0.1) is 18.4 Å². The van der Waals surface area contributed by atoms with E-state index in [0.29, 0.717) is 33.7 Å². The standard InChI is InChI=1S/C27H26ClN3O5S/c1-16(17-11-13-19(14-12-17)36-15-18-7-3-5-9-21(18)28)30-31-25(33)24(32)29-26-23(27(34)35-2)20-8-4-6-10-22(20)37-26/h3,5,7,9,11-14H,4,6,8,10,15H2,1-2H3,(H,29,32)(H,31,33)/b30-16+. The van der Waals surface area contributed by atoms with E-state index >= 15 is 0 Å². The molecule has 2 amide bonds. The first-order valence-corrected chi connectivity index (χ1v) is 12.9.